The monoisotopic (exact) mass is 384 g/mol. The number of piperidine rings is 1. The molecule has 4 rings (SSSR count). The third-order valence-corrected chi connectivity index (χ3v) is 6.65. The van der Waals surface area contributed by atoms with Crippen LogP contribution in [0.25, 0.3) is 11.3 Å². The Morgan fingerprint density at radius 1 is 1.37 bits per heavy atom. The second-order valence-corrected chi connectivity index (χ2v) is 8.76. The predicted octanol–water partition coefficient (Wildman–Crippen LogP) is 3.54. The lowest BCUT2D eigenvalue weighted by atomic mass is 10.0. The molecule has 1 aromatic heterocycles. The van der Waals surface area contributed by atoms with Crippen LogP contribution in [0.2, 0.25) is 0 Å². The topological polar surface area (TPSA) is 50.2 Å². The molecule has 1 amide bonds. The molecular weight excluding hydrogens is 356 g/mol. The first-order chi connectivity index (χ1) is 13.1. The zero-order chi connectivity index (χ0) is 18.8. The van der Waals surface area contributed by atoms with Gasteiger partial charge in [0.25, 0.3) is 5.91 Å². The molecule has 1 fully saturated rings. The fourth-order valence-corrected chi connectivity index (χ4v) is 5.31. The molecule has 0 spiro atoms. The van der Waals surface area contributed by atoms with Crippen LogP contribution in [-0.2, 0) is 12.8 Å². The van der Waals surface area contributed by atoms with E-state index in [4.69, 9.17) is 0 Å². The maximum atomic E-state index is 12.7. The van der Waals surface area contributed by atoms with Crippen LogP contribution in [-0.4, -0.2) is 46.8 Å². The van der Waals surface area contributed by atoms with Gasteiger partial charge in [-0.25, -0.2) is 0 Å². The summed E-state index contributed by atoms with van der Waals surface area (Å²) in [5, 5.41) is 7.64. The number of benzene rings is 1. The number of amides is 1. The first-order valence-corrected chi connectivity index (χ1v) is 10.9. The van der Waals surface area contributed by atoms with Crippen molar-refractivity contribution in [3.63, 3.8) is 0 Å². The largest absolute Gasteiger partial charge is 0.351 e. The number of fused-ring (bicyclic) bond motifs is 3. The number of aryl methyl sites for hydroxylation is 1. The average Bonchev–Trinajstić information content (AvgIpc) is 3.02. The molecule has 1 aromatic carbocycles. The van der Waals surface area contributed by atoms with Gasteiger partial charge in [0.05, 0.1) is 5.69 Å². The van der Waals surface area contributed by atoms with Crippen LogP contribution in [0.4, 0.5) is 0 Å². The van der Waals surface area contributed by atoms with Gasteiger partial charge in [-0.3, -0.25) is 9.48 Å². The van der Waals surface area contributed by atoms with E-state index in [0.29, 0.717) is 12.2 Å². The van der Waals surface area contributed by atoms with E-state index < -0.39 is 0 Å². The number of hydrogen-bond donors (Lipinski definition) is 1. The lowest BCUT2D eigenvalue weighted by molar-refractivity contribution is 0.0943. The number of carbonyl (C=O) groups excluding carboxylic acids is 1. The lowest BCUT2D eigenvalue weighted by Gasteiger charge is -2.30. The van der Waals surface area contributed by atoms with Crippen LogP contribution < -0.4 is 5.32 Å². The molecule has 0 radical (unpaired) electrons. The summed E-state index contributed by atoms with van der Waals surface area (Å²) < 4.78 is 1.86. The van der Waals surface area contributed by atoms with E-state index in [1.54, 1.807) is 11.8 Å². The molecular formula is C21H28N4OS. The van der Waals surface area contributed by atoms with Crippen LogP contribution >= 0.6 is 11.8 Å². The zero-order valence-electron chi connectivity index (χ0n) is 16.2. The van der Waals surface area contributed by atoms with Gasteiger partial charge in [-0.2, -0.15) is 5.10 Å². The van der Waals surface area contributed by atoms with Crippen molar-refractivity contribution in [2.24, 2.45) is 13.0 Å². The van der Waals surface area contributed by atoms with Gasteiger partial charge >= 0.3 is 0 Å². The van der Waals surface area contributed by atoms with Gasteiger partial charge in [0.1, 0.15) is 0 Å². The third kappa shape index (κ3) is 3.92. The molecule has 2 aliphatic rings. The summed E-state index contributed by atoms with van der Waals surface area (Å²) in [6, 6.07) is 8.35. The molecule has 2 aromatic rings. The van der Waals surface area contributed by atoms with E-state index >= 15 is 0 Å². The second-order valence-electron chi connectivity index (χ2n) is 7.74. The molecule has 0 saturated carbocycles. The molecule has 2 aliphatic heterocycles. The minimum atomic E-state index is -0.0427. The molecule has 0 aliphatic carbocycles. The fraction of sp³-hybridized carbons (Fsp3) is 0.524. The van der Waals surface area contributed by atoms with Gasteiger partial charge in [0.15, 0.2) is 5.69 Å². The van der Waals surface area contributed by atoms with Crippen LogP contribution in [0.1, 0.15) is 42.2 Å². The van der Waals surface area contributed by atoms with Crippen molar-refractivity contribution in [2.45, 2.75) is 36.8 Å². The number of likely N-dealkylation sites (tertiary alicyclic amines) is 1. The number of hydrogen-bond acceptors (Lipinski definition) is 4. The highest BCUT2D eigenvalue weighted by Crippen LogP contribution is 2.42. The summed E-state index contributed by atoms with van der Waals surface area (Å²) in [6.45, 7) is 6.49. The zero-order valence-corrected chi connectivity index (χ0v) is 17.0. The summed E-state index contributed by atoms with van der Waals surface area (Å²) in [5.41, 5.74) is 3.90. The molecule has 6 heteroatoms. The van der Waals surface area contributed by atoms with E-state index in [9.17, 15) is 4.79 Å². The smallest absolute Gasteiger partial charge is 0.272 e. The van der Waals surface area contributed by atoms with Crippen molar-refractivity contribution in [1.82, 2.24) is 20.0 Å². The lowest BCUT2D eigenvalue weighted by Crippen LogP contribution is -2.36. The quantitative estimate of drug-likeness (QED) is 0.801. The summed E-state index contributed by atoms with van der Waals surface area (Å²) in [6.07, 6.45) is 3.64. The molecule has 0 unspecified atom stereocenters. The maximum Gasteiger partial charge on any atom is 0.272 e. The van der Waals surface area contributed by atoms with Crippen LogP contribution in [0.15, 0.2) is 29.2 Å². The Labute approximate surface area is 165 Å². The summed E-state index contributed by atoms with van der Waals surface area (Å²) in [4.78, 5) is 16.5. The van der Waals surface area contributed by atoms with E-state index in [1.807, 2.05) is 17.8 Å². The molecule has 27 heavy (non-hydrogen) atoms. The van der Waals surface area contributed by atoms with Gasteiger partial charge in [0.2, 0.25) is 0 Å². The van der Waals surface area contributed by atoms with Gasteiger partial charge in [0, 0.05) is 41.9 Å². The second kappa shape index (κ2) is 8.07. The van der Waals surface area contributed by atoms with Gasteiger partial charge in [-0.05, 0) is 44.3 Å². The first kappa shape index (κ1) is 18.6. The number of aromatic nitrogens is 2. The molecule has 1 saturated heterocycles. The van der Waals surface area contributed by atoms with Gasteiger partial charge in [-0.1, -0.05) is 25.1 Å². The molecule has 144 valence electrons. The van der Waals surface area contributed by atoms with E-state index in [2.05, 4.69) is 40.4 Å². The first-order valence-electron chi connectivity index (χ1n) is 9.92. The Balaban J connectivity index is 1.38. The summed E-state index contributed by atoms with van der Waals surface area (Å²) in [7, 11) is 1.93. The number of carbonyl (C=O) groups is 1. The fourth-order valence-electron chi connectivity index (χ4n) is 4.24. The minimum Gasteiger partial charge on any atom is -0.351 e. The molecule has 0 bridgehead atoms. The SMILES string of the molecule is C[C@@H]1CCCN(CCCNC(=O)c2nn(C)c3c2CSc2ccccc2-3)C1. The highest BCUT2D eigenvalue weighted by Gasteiger charge is 2.27. The van der Waals surface area contributed by atoms with Crippen LogP contribution in [0.3, 0.4) is 0 Å². The Hall–Kier alpha value is -1.79. The predicted molar refractivity (Wildman–Crippen MR) is 110 cm³/mol. The summed E-state index contributed by atoms with van der Waals surface area (Å²) in [5.74, 6) is 1.56. The van der Waals surface area contributed by atoms with Crippen LogP contribution in [0, 0.1) is 5.92 Å². The summed E-state index contributed by atoms with van der Waals surface area (Å²) >= 11 is 1.78. The van der Waals surface area contributed by atoms with Crippen molar-refractivity contribution >= 4 is 17.7 Å². The minimum absolute atomic E-state index is 0.0427. The highest BCUT2D eigenvalue weighted by atomic mass is 32.2. The normalized spacial score (nSPS) is 19.4. The van der Waals surface area contributed by atoms with Crippen molar-refractivity contribution in [3.05, 3.63) is 35.5 Å². The number of thioether (sulfide) groups is 1. The molecule has 1 atom stereocenters. The van der Waals surface area contributed by atoms with Crippen molar-refractivity contribution in [1.29, 1.82) is 0 Å². The van der Waals surface area contributed by atoms with Crippen molar-refractivity contribution < 1.29 is 4.79 Å². The molecule has 3 heterocycles. The van der Waals surface area contributed by atoms with E-state index in [1.165, 1.54) is 36.4 Å². The Morgan fingerprint density at radius 2 is 2.22 bits per heavy atom. The Morgan fingerprint density at radius 3 is 3.07 bits per heavy atom. The molecule has 5 nitrogen and oxygen atoms in total. The van der Waals surface area contributed by atoms with Crippen molar-refractivity contribution in [3.8, 4) is 11.3 Å². The number of nitrogens with zero attached hydrogens (tertiary/aromatic N) is 3. The van der Waals surface area contributed by atoms with Crippen molar-refractivity contribution in [2.75, 3.05) is 26.2 Å². The van der Waals surface area contributed by atoms with Crippen LogP contribution in [0.5, 0.6) is 0 Å². The Kier molecular flexibility index (Phi) is 5.55. The van der Waals surface area contributed by atoms with Gasteiger partial charge in [-0.15, -0.1) is 11.8 Å². The molecule has 1 N–H and O–H groups in total. The number of nitrogens with one attached hydrogen (secondary N) is 1. The maximum absolute atomic E-state index is 12.7. The van der Waals surface area contributed by atoms with E-state index in [-0.39, 0.29) is 5.91 Å². The third-order valence-electron chi connectivity index (χ3n) is 5.55. The van der Waals surface area contributed by atoms with E-state index in [0.717, 1.165) is 35.9 Å². The average molecular weight is 385 g/mol. The Bertz CT molecular complexity index is 832. The standard InChI is InChI=1S/C21H28N4OS/c1-15-7-5-11-25(13-15)12-6-10-22-21(26)19-17-14-27-18-9-4-3-8-16(18)20(17)24(2)23-19/h3-4,8-9,15H,5-7,10-14H2,1-2H3,(H,22,26)/t15-/m1/s1. The van der Waals surface area contributed by atoms with Gasteiger partial charge < -0.3 is 10.2 Å². The highest BCUT2D eigenvalue weighted by molar-refractivity contribution is 7.98. The number of rotatable bonds is 5.